The predicted molar refractivity (Wildman–Crippen MR) is 66.7 cm³/mol. The summed E-state index contributed by atoms with van der Waals surface area (Å²) in [5, 5.41) is 6.52. The summed E-state index contributed by atoms with van der Waals surface area (Å²) in [6.07, 6.45) is 3.54. The number of nitrogen functional groups attached to an aromatic ring is 1. The van der Waals surface area contributed by atoms with Gasteiger partial charge in [-0.1, -0.05) is 0 Å². The van der Waals surface area contributed by atoms with Crippen LogP contribution in [0.1, 0.15) is 21.9 Å². The minimum Gasteiger partial charge on any atom is -0.382 e. The van der Waals surface area contributed by atoms with E-state index < -0.39 is 0 Å². The van der Waals surface area contributed by atoms with Crippen LogP contribution in [0.3, 0.4) is 0 Å². The van der Waals surface area contributed by atoms with Crippen molar-refractivity contribution in [3.8, 4) is 0 Å². The summed E-state index contributed by atoms with van der Waals surface area (Å²) in [7, 11) is 3.60. The van der Waals surface area contributed by atoms with E-state index in [-0.39, 0.29) is 11.7 Å². The summed E-state index contributed by atoms with van der Waals surface area (Å²) in [5.74, 6) is 0.872. The van der Waals surface area contributed by atoms with Gasteiger partial charge in [0.25, 0.3) is 5.91 Å². The molecular weight excluding hydrogens is 232 g/mol. The first-order valence-corrected chi connectivity index (χ1v) is 5.52. The van der Waals surface area contributed by atoms with Gasteiger partial charge in [0.1, 0.15) is 11.4 Å². The molecule has 0 unspecified atom stereocenters. The third-order valence-corrected chi connectivity index (χ3v) is 2.84. The maximum absolute atomic E-state index is 12.2. The fourth-order valence-electron chi connectivity index (χ4n) is 1.74. The summed E-state index contributed by atoms with van der Waals surface area (Å²) in [6, 6.07) is 0. The van der Waals surface area contributed by atoms with Gasteiger partial charge in [0.05, 0.1) is 6.54 Å². The highest BCUT2D eigenvalue weighted by molar-refractivity contribution is 5.99. The van der Waals surface area contributed by atoms with Crippen LogP contribution in [0, 0.1) is 6.92 Å². The van der Waals surface area contributed by atoms with Gasteiger partial charge in [-0.25, -0.2) is 4.98 Å². The van der Waals surface area contributed by atoms with E-state index in [2.05, 4.69) is 15.2 Å². The summed E-state index contributed by atoms with van der Waals surface area (Å²) >= 11 is 0. The zero-order chi connectivity index (χ0) is 13.3. The number of nitrogens with one attached hydrogen (secondary N) is 1. The van der Waals surface area contributed by atoms with Gasteiger partial charge in [0, 0.05) is 32.2 Å². The highest BCUT2D eigenvalue weighted by atomic mass is 16.2. The van der Waals surface area contributed by atoms with Gasteiger partial charge in [-0.15, -0.1) is 0 Å². The maximum atomic E-state index is 12.2. The Labute approximate surface area is 105 Å². The number of carbonyl (C=O) groups excluding carboxylic acids is 1. The number of hydrogen-bond acceptors (Lipinski definition) is 4. The number of carbonyl (C=O) groups is 1. The van der Waals surface area contributed by atoms with Crippen LogP contribution in [-0.2, 0) is 13.6 Å². The average Bonchev–Trinajstić information content (AvgIpc) is 2.86. The van der Waals surface area contributed by atoms with Crippen LogP contribution in [0.2, 0.25) is 0 Å². The topological polar surface area (TPSA) is 92.8 Å². The molecule has 0 bridgehead atoms. The molecule has 18 heavy (non-hydrogen) atoms. The van der Waals surface area contributed by atoms with Crippen molar-refractivity contribution < 1.29 is 4.79 Å². The summed E-state index contributed by atoms with van der Waals surface area (Å²) in [6.45, 7) is 2.19. The largest absolute Gasteiger partial charge is 0.382 e. The smallest absolute Gasteiger partial charge is 0.259 e. The number of aromatic nitrogens is 4. The lowest BCUT2D eigenvalue weighted by molar-refractivity contribution is 0.0781. The number of nitrogens with two attached hydrogens (primary N) is 1. The zero-order valence-electron chi connectivity index (χ0n) is 10.6. The van der Waals surface area contributed by atoms with E-state index in [1.807, 2.05) is 17.8 Å². The van der Waals surface area contributed by atoms with Gasteiger partial charge in [-0.2, -0.15) is 5.10 Å². The number of amides is 1. The van der Waals surface area contributed by atoms with Crippen molar-refractivity contribution in [2.45, 2.75) is 13.5 Å². The molecule has 0 spiro atoms. The molecule has 0 aromatic carbocycles. The molecule has 3 N–H and O–H groups in total. The fourth-order valence-corrected chi connectivity index (χ4v) is 1.74. The molecule has 0 aliphatic rings. The lowest BCUT2D eigenvalue weighted by atomic mass is 10.2. The molecule has 2 aromatic rings. The molecule has 2 heterocycles. The van der Waals surface area contributed by atoms with E-state index in [1.165, 1.54) is 0 Å². The Bertz CT molecular complexity index is 550. The predicted octanol–water partition coefficient (Wildman–Crippen LogP) is 0.306. The molecule has 7 heteroatoms. The molecule has 2 rings (SSSR count). The molecule has 0 fully saturated rings. The molecule has 0 aliphatic carbocycles. The van der Waals surface area contributed by atoms with Gasteiger partial charge in [-0.05, 0) is 6.92 Å². The first-order valence-electron chi connectivity index (χ1n) is 5.52. The second-order valence-electron chi connectivity index (χ2n) is 4.22. The minimum absolute atomic E-state index is 0.165. The van der Waals surface area contributed by atoms with E-state index in [1.54, 1.807) is 25.1 Å². The number of hydrogen-bond donors (Lipinski definition) is 2. The van der Waals surface area contributed by atoms with E-state index in [4.69, 9.17) is 5.73 Å². The molecule has 7 nitrogen and oxygen atoms in total. The van der Waals surface area contributed by atoms with Gasteiger partial charge in [0.2, 0.25) is 0 Å². The molecular formula is C11H16N6O. The van der Waals surface area contributed by atoms with Crippen molar-refractivity contribution in [3.63, 3.8) is 0 Å². The number of aromatic amines is 1. The van der Waals surface area contributed by atoms with E-state index in [0.29, 0.717) is 17.8 Å². The lowest BCUT2D eigenvalue weighted by Crippen LogP contribution is -2.28. The van der Waals surface area contributed by atoms with Gasteiger partial charge >= 0.3 is 0 Å². The normalized spacial score (nSPS) is 10.6. The minimum atomic E-state index is -0.165. The van der Waals surface area contributed by atoms with Crippen LogP contribution in [0.15, 0.2) is 12.4 Å². The molecule has 96 valence electrons. The quantitative estimate of drug-likeness (QED) is 0.817. The van der Waals surface area contributed by atoms with Crippen LogP contribution in [0.4, 0.5) is 5.82 Å². The molecule has 0 atom stereocenters. The Kier molecular flexibility index (Phi) is 3.05. The van der Waals surface area contributed by atoms with E-state index >= 15 is 0 Å². The first-order chi connectivity index (χ1) is 8.50. The van der Waals surface area contributed by atoms with Gasteiger partial charge in [-0.3, -0.25) is 9.89 Å². The van der Waals surface area contributed by atoms with Crippen LogP contribution in [-0.4, -0.2) is 37.6 Å². The zero-order valence-corrected chi connectivity index (χ0v) is 10.6. The Morgan fingerprint density at radius 3 is 2.83 bits per heavy atom. The number of rotatable bonds is 3. The highest BCUT2D eigenvalue weighted by Gasteiger charge is 2.20. The maximum Gasteiger partial charge on any atom is 0.259 e. The molecule has 0 aliphatic heterocycles. The third-order valence-electron chi connectivity index (χ3n) is 2.84. The van der Waals surface area contributed by atoms with Crippen molar-refractivity contribution in [1.82, 2.24) is 24.6 Å². The average molecular weight is 248 g/mol. The van der Waals surface area contributed by atoms with Crippen molar-refractivity contribution in [2.75, 3.05) is 12.8 Å². The second-order valence-corrected chi connectivity index (χ2v) is 4.22. The number of anilines is 1. The molecule has 1 amide bonds. The van der Waals surface area contributed by atoms with Crippen LogP contribution < -0.4 is 5.73 Å². The SMILES string of the molecule is Cc1[nH]nc(N)c1C(=O)N(C)Cc1nccn1C. The standard InChI is InChI=1S/C11H16N6O/c1-7-9(10(12)15-14-7)11(18)17(3)6-8-13-4-5-16(8)2/h4-5H,6H2,1-3H3,(H3,12,14,15). The Morgan fingerprint density at radius 1 is 1.61 bits per heavy atom. The number of imidazole rings is 1. The van der Waals surface area contributed by atoms with Crippen LogP contribution >= 0.6 is 0 Å². The Hall–Kier alpha value is -2.31. The fraction of sp³-hybridized carbons (Fsp3) is 0.364. The van der Waals surface area contributed by atoms with E-state index in [0.717, 1.165) is 5.82 Å². The van der Waals surface area contributed by atoms with Crippen molar-refractivity contribution in [2.24, 2.45) is 7.05 Å². The van der Waals surface area contributed by atoms with Gasteiger partial charge in [0.15, 0.2) is 5.82 Å². The van der Waals surface area contributed by atoms with Gasteiger partial charge < -0.3 is 15.2 Å². The van der Waals surface area contributed by atoms with Crippen molar-refractivity contribution >= 4 is 11.7 Å². The summed E-state index contributed by atoms with van der Waals surface area (Å²) in [4.78, 5) is 18.0. The van der Waals surface area contributed by atoms with Crippen molar-refractivity contribution in [3.05, 3.63) is 29.5 Å². The Morgan fingerprint density at radius 2 is 2.33 bits per heavy atom. The summed E-state index contributed by atoms with van der Waals surface area (Å²) in [5.41, 5.74) is 6.77. The first kappa shape index (κ1) is 12.2. The lowest BCUT2D eigenvalue weighted by Gasteiger charge is -2.16. The number of H-pyrrole nitrogens is 1. The third kappa shape index (κ3) is 2.06. The molecule has 0 saturated heterocycles. The number of aryl methyl sites for hydroxylation is 2. The summed E-state index contributed by atoms with van der Waals surface area (Å²) < 4.78 is 1.87. The van der Waals surface area contributed by atoms with Crippen LogP contribution in [0.5, 0.6) is 0 Å². The van der Waals surface area contributed by atoms with E-state index in [9.17, 15) is 4.79 Å². The highest BCUT2D eigenvalue weighted by Crippen LogP contribution is 2.15. The second kappa shape index (κ2) is 4.52. The monoisotopic (exact) mass is 248 g/mol. The molecule has 0 radical (unpaired) electrons. The number of nitrogens with zero attached hydrogens (tertiary/aromatic N) is 4. The molecule has 2 aromatic heterocycles. The van der Waals surface area contributed by atoms with Crippen LogP contribution in [0.25, 0.3) is 0 Å². The Balaban J connectivity index is 2.17. The molecule has 0 saturated carbocycles. The van der Waals surface area contributed by atoms with Crippen molar-refractivity contribution in [1.29, 1.82) is 0 Å².